The highest BCUT2D eigenvalue weighted by atomic mass is 19.2. The number of hydrogen-bond donors (Lipinski definition) is 0. The second kappa shape index (κ2) is 5.68. The van der Waals surface area contributed by atoms with Crippen molar-refractivity contribution in [2.75, 3.05) is 0 Å². The van der Waals surface area contributed by atoms with E-state index in [0.717, 1.165) is 6.92 Å². The van der Waals surface area contributed by atoms with Gasteiger partial charge in [-0.15, -0.1) is 0 Å². The molecular formula is C13H9F7. The summed E-state index contributed by atoms with van der Waals surface area (Å²) in [5, 5.41) is -3.05. The lowest BCUT2D eigenvalue weighted by molar-refractivity contribution is 0.411. The molecule has 2 rings (SSSR count). The molecule has 20 heavy (non-hydrogen) atoms. The van der Waals surface area contributed by atoms with Crippen LogP contribution in [0.5, 0.6) is 0 Å². The quantitative estimate of drug-likeness (QED) is 0.358. The van der Waals surface area contributed by atoms with Crippen LogP contribution >= 0.6 is 0 Å². The summed E-state index contributed by atoms with van der Waals surface area (Å²) in [6.45, 7) is 4.76. The Kier molecular flexibility index (Phi) is 4.62. The Morgan fingerprint density at radius 3 is 1.15 bits per heavy atom. The topological polar surface area (TPSA) is 0 Å². The zero-order valence-corrected chi connectivity index (χ0v) is 10.6. The Morgan fingerprint density at radius 2 is 0.750 bits per heavy atom. The van der Waals surface area contributed by atoms with Gasteiger partial charge in [0.25, 0.3) is 0 Å². The number of rotatable bonds is 0. The summed E-state index contributed by atoms with van der Waals surface area (Å²) in [6, 6.07) is 0. The van der Waals surface area contributed by atoms with Gasteiger partial charge in [0.1, 0.15) is 5.82 Å². The van der Waals surface area contributed by atoms with E-state index in [1.807, 2.05) is 13.8 Å². The SMILES string of the molecule is CC.Cc1c(F)c(F)c2c(F)c(F)c(F)c(F)c2c1F. The molecule has 0 spiro atoms. The fraction of sp³-hybridized carbons (Fsp3) is 0.231. The monoisotopic (exact) mass is 298 g/mol. The van der Waals surface area contributed by atoms with Crippen LogP contribution in [0.1, 0.15) is 19.4 Å². The predicted octanol–water partition coefficient (Wildman–Crippen LogP) is 5.15. The Morgan fingerprint density at radius 1 is 0.450 bits per heavy atom. The summed E-state index contributed by atoms with van der Waals surface area (Å²) >= 11 is 0. The largest absolute Gasteiger partial charge is 0.206 e. The molecule has 0 aliphatic rings. The lowest BCUT2D eigenvalue weighted by atomic mass is 10.0. The van der Waals surface area contributed by atoms with Crippen molar-refractivity contribution in [3.05, 3.63) is 46.3 Å². The molecule has 0 unspecified atom stereocenters. The van der Waals surface area contributed by atoms with E-state index in [-0.39, 0.29) is 0 Å². The van der Waals surface area contributed by atoms with Gasteiger partial charge < -0.3 is 0 Å². The van der Waals surface area contributed by atoms with Crippen molar-refractivity contribution in [1.29, 1.82) is 0 Å². The third-order valence-corrected chi connectivity index (χ3v) is 2.56. The molecule has 0 aromatic heterocycles. The maximum atomic E-state index is 13.5. The molecule has 0 atom stereocenters. The van der Waals surface area contributed by atoms with Crippen LogP contribution < -0.4 is 0 Å². The van der Waals surface area contributed by atoms with Crippen LogP contribution in [0.4, 0.5) is 30.7 Å². The summed E-state index contributed by atoms with van der Waals surface area (Å²) in [4.78, 5) is 0. The van der Waals surface area contributed by atoms with Crippen LogP contribution in [0.25, 0.3) is 10.8 Å². The van der Waals surface area contributed by atoms with Crippen molar-refractivity contribution in [3.63, 3.8) is 0 Å². The summed E-state index contributed by atoms with van der Waals surface area (Å²) < 4.78 is 92.3. The van der Waals surface area contributed by atoms with E-state index < -0.39 is 57.1 Å². The van der Waals surface area contributed by atoms with Gasteiger partial charge in [0, 0.05) is 5.56 Å². The van der Waals surface area contributed by atoms with Crippen molar-refractivity contribution < 1.29 is 30.7 Å². The van der Waals surface area contributed by atoms with Crippen molar-refractivity contribution in [2.24, 2.45) is 0 Å². The maximum Gasteiger partial charge on any atom is 0.198 e. The standard InChI is InChI=1S/C11H3F7.C2H6/c1-2-5(12)3-4(7(14)6(2)13)9(16)11(18)10(17)8(3)15;1-2/h1H3;1-2H3. The van der Waals surface area contributed by atoms with Gasteiger partial charge in [-0.25, -0.2) is 30.7 Å². The van der Waals surface area contributed by atoms with Crippen molar-refractivity contribution in [3.8, 4) is 0 Å². The molecule has 0 nitrogen and oxygen atoms in total. The maximum absolute atomic E-state index is 13.5. The Hall–Kier alpha value is -1.79. The molecule has 2 aromatic carbocycles. The van der Waals surface area contributed by atoms with Crippen molar-refractivity contribution >= 4 is 10.8 Å². The number of fused-ring (bicyclic) bond motifs is 1. The number of hydrogen-bond acceptors (Lipinski definition) is 0. The predicted molar refractivity (Wildman–Crippen MR) is 59.7 cm³/mol. The average molecular weight is 298 g/mol. The van der Waals surface area contributed by atoms with E-state index in [0.29, 0.717) is 0 Å². The van der Waals surface area contributed by atoms with E-state index in [2.05, 4.69) is 0 Å². The molecule has 0 heterocycles. The van der Waals surface area contributed by atoms with Crippen LogP contribution in [0.15, 0.2) is 0 Å². The highest BCUT2D eigenvalue weighted by Crippen LogP contribution is 2.33. The van der Waals surface area contributed by atoms with E-state index >= 15 is 0 Å². The van der Waals surface area contributed by atoms with Gasteiger partial charge >= 0.3 is 0 Å². The average Bonchev–Trinajstić information content (AvgIpc) is 2.46. The van der Waals surface area contributed by atoms with Gasteiger partial charge in [-0.3, -0.25) is 0 Å². The molecule has 0 radical (unpaired) electrons. The zero-order valence-electron chi connectivity index (χ0n) is 10.6. The van der Waals surface area contributed by atoms with Gasteiger partial charge in [-0.05, 0) is 6.92 Å². The molecule has 0 aliphatic carbocycles. The van der Waals surface area contributed by atoms with E-state index in [9.17, 15) is 30.7 Å². The van der Waals surface area contributed by atoms with Crippen LogP contribution in [0, 0.1) is 47.6 Å². The van der Waals surface area contributed by atoms with Crippen LogP contribution in [0.3, 0.4) is 0 Å². The number of benzene rings is 2. The second-order valence-corrected chi connectivity index (χ2v) is 3.57. The summed E-state index contributed by atoms with van der Waals surface area (Å²) in [6.07, 6.45) is 0. The summed E-state index contributed by atoms with van der Waals surface area (Å²) in [5.41, 5.74) is -0.954. The summed E-state index contributed by atoms with van der Waals surface area (Å²) in [5.74, 6) is -14.4. The second-order valence-electron chi connectivity index (χ2n) is 3.57. The van der Waals surface area contributed by atoms with Gasteiger partial charge in [-0.2, -0.15) is 0 Å². The van der Waals surface area contributed by atoms with Crippen LogP contribution in [-0.4, -0.2) is 0 Å². The lowest BCUT2D eigenvalue weighted by Gasteiger charge is -2.09. The van der Waals surface area contributed by atoms with Gasteiger partial charge in [0.2, 0.25) is 0 Å². The van der Waals surface area contributed by atoms with E-state index in [1.54, 1.807) is 0 Å². The minimum atomic E-state index is -2.33. The minimum absolute atomic E-state index is 0.756. The van der Waals surface area contributed by atoms with Gasteiger partial charge in [-0.1, -0.05) is 13.8 Å². The van der Waals surface area contributed by atoms with Crippen LogP contribution in [-0.2, 0) is 0 Å². The normalized spacial score (nSPS) is 10.5. The van der Waals surface area contributed by atoms with E-state index in [4.69, 9.17) is 0 Å². The Balaban J connectivity index is 0.000000956. The Labute approximate surface area is 109 Å². The van der Waals surface area contributed by atoms with Gasteiger partial charge in [0.05, 0.1) is 10.8 Å². The molecule has 7 heteroatoms. The first-order chi connectivity index (χ1) is 9.29. The molecule has 0 bridgehead atoms. The Bertz CT molecular complexity index is 564. The first kappa shape index (κ1) is 16.3. The highest BCUT2D eigenvalue weighted by Gasteiger charge is 2.28. The number of halogens is 7. The highest BCUT2D eigenvalue weighted by molar-refractivity contribution is 5.86. The van der Waals surface area contributed by atoms with Gasteiger partial charge in [0.15, 0.2) is 34.9 Å². The molecule has 0 aliphatic heterocycles. The fourth-order valence-electron chi connectivity index (χ4n) is 1.60. The molecule has 0 saturated heterocycles. The third kappa shape index (κ3) is 2.10. The van der Waals surface area contributed by atoms with Crippen molar-refractivity contribution in [1.82, 2.24) is 0 Å². The molecule has 2 aromatic rings. The lowest BCUT2D eigenvalue weighted by Crippen LogP contribution is -2.05. The minimum Gasteiger partial charge on any atom is -0.206 e. The first-order valence-corrected chi connectivity index (χ1v) is 5.57. The fourth-order valence-corrected chi connectivity index (χ4v) is 1.60. The first-order valence-electron chi connectivity index (χ1n) is 5.57. The molecule has 0 saturated carbocycles. The summed E-state index contributed by atoms with van der Waals surface area (Å²) in [7, 11) is 0. The molecular weight excluding hydrogens is 289 g/mol. The van der Waals surface area contributed by atoms with Crippen molar-refractivity contribution in [2.45, 2.75) is 20.8 Å². The zero-order chi connectivity index (χ0) is 15.8. The molecule has 0 N–H and O–H groups in total. The smallest absolute Gasteiger partial charge is 0.198 e. The van der Waals surface area contributed by atoms with E-state index in [1.165, 1.54) is 0 Å². The molecule has 0 amide bonds. The third-order valence-electron chi connectivity index (χ3n) is 2.56. The molecule has 0 fully saturated rings. The molecule has 110 valence electrons. The van der Waals surface area contributed by atoms with Crippen LogP contribution in [0.2, 0.25) is 0 Å².